The molecule has 2 aromatic rings. The molecule has 2 aromatic carbocycles. The summed E-state index contributed by atoms with van der Waals surface area (Å²) in [6.45, 7) is 1.54. The summed E-state index contributed by atoms with van der Waals surface area (Å²) in [6, 6.07) is 15.7. The SMILES string of the molecule is Cl.Clc1cccc(CNCc2ccccc2Cl)c1. The van der Waals surface area contributed by atoms with E-state index in [9.17, 15) is 0 Å². The van der Waals surface area contributed by atoms with Gasteiger partial charge in [0.2, 0.25) is 0 Å². The van der Waals surface area contributed by atoms with Crippen molar-refractivity contribution in [3.63, 3.8) is 0 Å². The lowest BCUT2D eigenvalue weighted by molar-refractivity contribution is 0.693. The highest BCUT2D eigenvalue weighted by molar-refractivity contribution is 6.31. The molecule has 0 radical (unpaired) electrons. The number of halogens is 3. The number of benzene rings is 2. The molecule has 96 valence electrons. The second-order valence-corrected chi connectivity index (χ2v) is 4.67. The molecule has 0 amide bonds. The van der Waals surface area contributed by atoms with Gasteiger partial charge in [-0.25, -0.2) is 0 Å². The van der Waals surface area contributed by atoms with Crippen LogP contribution in [0.3, 0.4) is 0 Å². The van der Waals surface area contributed by atoms with E-state index in [2.05, 4.69) is 5.32 Å². The Kier molecular flexibility index (Phi) is 6.51. The molecule has 0 saturated heterocycles. The van der Waals surface area contributed by atoms with E-state index in [-0.39, 0.29) is 12.4 Å². The monoisotopic (exact) mass is 301 g/mol. The zero-order chi connectivity index (χ0) is 12.1. The highest BCUT2D eigenvalue weighted by Crippen LogP contribution is 2.15. The highest BCUT2D eigenvalue weighted by Gasteiger charge is 1.98. The molecule has 0 aliphatic heterocycles. The van der Waals surface area contributed by atoms with Crippen LogP contribution in [0.15, 0.2) is 48.5 Å². The van der Waals surface area contributed by atoms with Crippen molar-refractivity contribution in [2.45, 2.75) is 13.1 Å². The minimum Gasteiger partial charge on any atom is -0.309 e. The van der Waals surface area contributed by atoms with Gasteiger partial charge in [0, 0.05) is 23.1 Å². The van der Waals surface area contributed by atoms with Crippen molar-refractivity contribution >= 4 is 35.6 Å². The lowest BCUT2D eigenvalue weighted by Gasteiger charge is -2.07. The third kappa shape index (κ3) is 4.51. The lowest BCUT2D eigenvalue weighted by Crippen LogP contribution is -2.12. The molecule has 2 rings (SSSR count). The number of hydrogen-bond acceptors (Lipinski definition) is 1. The van der Waals surface area contributed by atoms with Crippen LogP contribution in [0.2, 0.25) is 10.0 Å². The van der Waals surface area contributed by atoms with Gasteiger partial charge in [0.1, 0.15) is 0 Å². The maximum atomic E-state index is 6.07. The molecular formula is C14H14Cl3N. The average Bonchev–Trinajstić information content (AvgIpc) is 2.32. The van der Waals surface area contributed by atoms with Crippen molar-refractivity contribution in [1.82, 2.24) is 5.32 Å². The Morgan fingerprint density at radius 2 is 1.67 bits per heavy atom. The fourth-order valence-electron chi connectivity index (χ4n) is 1.63. The molecule has 1 nitrogen and oxygen atoms in total. The molecule has 0 saturated carbocycles. The topological polar surface area (TPSA) is 12.0 Å². The van der Waals surface area contributed by atoms with Crippen LogP contribution < -0.4 is 5.32 Å². The molecule has 0 atom stereocenters. The van der Waals surface area contributed by atoms with E-state index < -0.39 is 0 Å². The lowest BCUT2D eigenvalue weighted by atomic mass is 10.2. The summed E-state index contributed by atoms with van der Waals surface area (Å²) in [5, 5.41) is 4.91. The van der Waals surface area contributed by atoms with Crippen LogP contribution in [0.4, 0.5) is 0 Å². The summed E-state index contributed by atoms with van der Waals surface area (Å²) in [6.07, 6.45) is 0. The minimum atomic E-state index is 0. The third-order valence-electron chi connectivity index (χ3n) is 2.49. The van der Waals surface area contributed by atoms with Gasteiger partial charge in [-0.2, -0.15) is 0 Å². The fourth-order valence-corrected chi connectivity index (χ4v) is 2.05. The van der Waals surface area contributed by atoms with Crippen molar-refractivity contribution in [3.8, 4) is 0 Å². The molecule has 0 aliphatic rings. The summed E-state index contributed by atoms with van der Waals surface area (Å²) in [4.78, 5) is 0. The predicted molar refractivity (Wildman–Crippen MR) is 80.7 cm³/mol. The van der Waals surface area contributed by atoms with Gasteiger partial charge in [0.25, 0.3) is 0 Å². The van der Waals surface area contributed by atoms with E-state index in [1.165, 1.54) is 5.56 Å². The molecule has 0 aliphatic carbocycles. The maximum Gasteiger partial charge on any atom is 0.0450 e. The number of nitrogens with one attached hydrogen (secondary N) is 1. The average molecular weight is 303 g/mol. The van der Waals surface area contributed by atoms with Crippen LogP contribution in [0.1, 0.15) is 11.1 Å². The van der Waals surface area contributed by atoms with Gasteiger partial charge >= 0.3 is 0 Å². The molecule has 18 heavy (non-hydrogen) atoms. The second kappa shape index (κ2) is 7.65. The van der Waals surface area contributed by atoms with Gasteiger partial charge in [-0.1, -0.05) is 53.5 Å². The third-order valence-corrected chi connectivity index (χ3v) is 3.10. The fraction of sp³-hybridized carbons (Fsp3) is 0.143. The first kappa shape index (κ1) is 15.3. The molecule has 0 aromatic heterocycles. The molecule has 0 heterocycles. The van der Waals surface area contributed by atoms with E-state index in [4.69, 9.17) is 23.2 Å². The van der Waals surface area contributed by atoms with Crippen molar-refractivity contribution in [2.24, 2.45) is 0 Å². The minimum absolute atomic E-state index is 0. The van der Waals surface area contributed by atoms with Crippen molar-refractivity contribution in [2.75, 3.05) is 0 Å². The summed E-state index contributed by atoms with van der Waals surface area (Å²) >= 11 is 12.0. The van der Waals surface area contributed by atoms with Gasteiger partial charge in [0.15, 0.2) is 0 Å². The Morgan fingerprint density at radius 3 is 2.39 bits per heavy atom. The Bertz CT molecular complexity index is 500. The standard InChI is InChI=1S/C14H13Cl2N.ClH/c15-13-6-3-4-11(8-13)9-17-10-12-5-1-2-7-14(12)16;/h1-8,17H,9-10H2;1H. The Morgan fingerprint density at radius 1 is 0.889 bits per heavy atom. The van der Waals surface area contributed by atoms with Crippen LogP contribution >= 0.6 is 35.6 Å². The summed E-state index contributed by atoms with van der Waals surface area (Å²) in [5.41, 5.74) is 2.28. The molecule has 1 N–H and O–H groups in total. The van der Waals surface area contributed by atoms with Crippen LogP contribution in [-0.2, 0) is 13.1 Å². The quantitative estimate of drug-likeness (QED) is 0.863. The molecule has 4 heteroatoms. The molecule has 0 unspecified atom stereocenters. The van der Waals surface area contributed by atoms with E-state index in [1.54, 1.807) is 0 Å². The van der Waals surface area contributed by atoms with Gasteiger partial charge in [-0.15, -0.1) is 12.4 Å². The zero-order valence-corrected chi connectivity index (χ0v) is 12.0. The molecular weight excluding hydrogens is 289 g/mol. The normalized spacial score (nSPS) is 9.89. The van der Waals surface area contributed by atoms with Crippen LogP contribution in [0, 0.1) is 0 Å². The maximum absolute atomic E-state index is 6.07. The highest BCUT2D eigenvalue weighted by atomic mass is 35.5. The van der Waals surface area contributed by atoms with Crippen LogP contribution in [-0.4, -0.2) is 0 Å². The van der Waals surface area contributed by atoms with E-state index in [1.807, 2.05) is 48.5 Å². The Labute approximate surface area is 124 Å². The number of rotatable bonds is 4. The summed E-state index contributed by atoms with van der Waals surface area (Å²) in [5.74, 6) is 0. The van der Waals surface area contributed by atoms with Gasteiger partial charge in [-0.05, 0) is 29.3 Å². The van der Waals surface area contributed by atoms with Gasteiger partial charge in [-0.3, -0.25) is 0 Å². The Hall–Kier alpha value is -0.730. The number of hydrogen-bond donors (Lipinski definition) is 1. The van der Waals surface area contributed by atoms with Gasteiger partial charge < -0.3 is 5.32 Å². The van der Waals surface area contributed by atoms with Crippen LogP contribution in [0.5, 0.6) is 0 Å². The van der Waals surface area contributed by atoms with Crippen molar-refractivity contribution < 1.29 is 0 Å². The summed E-state index contributed by atoms with van der Waals surface area (Å²) < 4.78 is 0. The van der Waals surface area contributed by atoms with Crippen molar-refractivity contribution in [3.05, 3.63) is 69.7 Å². The zero-order valence-electron chi connectivity index (χ0n) is 9.70. The van der Waals surface area contributed by atoms with Crippen LogP contribution in [0.25, 0.3) is 0 Å². The first-order valence-electron chi connectivity index (χ1n) is 5.44. The molecule has 0 spiro atoms. The van der Waals surface area contributed by atoms with Crippen molar-refractivity contribution in [1.29, 1.82) is 0 Å². The van der Waals surface area contributed by atoms with E-state index in [0.29, 0.717) is 0 Å². The Balaban J connectivity index is 0.00000162. The van der Waals surface area contributed by atoms with E-state index in [0.717, 1.165) is 28.7 Å². The summed E-state index contributed by atoms with van der Waals surface area (Å²) in [7, 11) is 0. The van der Waals surface area contributed by atoms with Gasteiger partial charge in [0.05, 0.1) is 0 Å². The first-order chi connectivity index (χ1) is 8.25. The molecule has 0 fully saturated rings. The predicted octanol–water partition coefficient (Wildman–Crippen LogP) is 4.71. The van der Waals surface area contributed by atoms with E-state index >= 15 is 0 Å². The smallest absolute Gasteiger partial charge is 0.0450 e. The largest absolute Gasteiger partial charge is 0.309 e. The molecule has 0 bridgehead atoms. The first-order valence-corrected chi connectivity index (χ1v) is 6.20. The second-order valence-electron chi connectivity index (χ2n) is 3.82.